The summed E-state index contributed by atoms with van der Waals surface area (Å²) in [5.74, 6) is 0.835. The zero-order valence-corrected chi connectivity index (χ0v) is 9.52. The lowest BCUT2D eigenvalue weighted by molar-refractivity contribution is 0.0551. The van der Waals surface area contributed by atoms with Crippen LogP contribution in [0.5, 0.6) is 0 Å². The molecular weight excluding hydrogens is 164 g/mol. The SMILES string of the molecule is CC1C[Si](C)(C)OC12CCCC2. The van der Waals surface area contributed by atoms with Crippen LogP contribution in [0.3, 0.4) is 0 Å². The minimum Gasteiger partial charge on any atom is -0.412 e. The summed E-state index contributed by atoms with van der Waals surface area (Å²) in [6, 6.07) is 1.38. The smallest absolute Gasteiger partial charge is 0.187 e. The lowest BCUT2D eigenvalue weighted by atomic mass is 9.89. The van der Waals surface area contributed by atoms with E-state index in [2.05, 4.69) is 20.0 Å². The van der Waals surface area contributed by atoms with Crippen LogP contribution in [-0.2, 0) is 4.43 Å². The Bertz CT molecular complexity index is 182. The van der Waals surface area contributed by atoms with Crippen LogP contribution in [0, 0.1) is 5.92 Å². The Labute approximate surface area is 76.6 Å². The van der Waals surface area contributed by atoms with E-state index in [1.54, 1.807) is 0 Å². The van der Waals surface area contributed by atoms with Gasteiger partial charge in [-0.15, -0.1) is 0 Å². The molecule has 1 saturated heterocycles. The zero-order chi connectivity index (χ0) is 8.82. The maximum Gasteiger partial charge on any atom is 0.187 e. The second kappa shape index (κ2) is 2.58. The molecule has 1 aliphatic heterocycles. The fraction of sp³-hybridized carbons (Fsp3) is 1.00. The maximum atomic E-state index is 6.35. The van der Waals surface area contributed by atoms with Crippen molar-refractivity contribution in [2.24, 2.45) is 5.92 Å². The molecular formula is C10H20OSi. The van der Waals surface area contributed by atoms with Crippen LogP contribution in [0.1, 0.15) is 32.6 Å². The van der Waals surface area contributed by atoms with Crippen LogP contribution in [-0.4, -0.2) is 13.9 Å². The lowest BCUT2D eigenvalue weighted by Crippen LogP contribution is -2.34. The van der Waals surface area contributed by atoms with Gasteiger partial charge in [0.05, 0.1) is 5.60 Å². The van der Waals surface area contributed by atoms with Gasteiger partial charge in [0.25, 0.3) is 0 Å². The topological polar surface area (TPSA) is 9.23 Å². The molecule has 0 aromatic carbocycles. The third-order valence-corrected chi connectivity index (χ3v) is 6.18. The van der Waals surface area contributed by atoms with E-state index in [0.29, 0.717) is 5.60 Å². The number of hydrogen-bond donors (Lipinski definition) is 0. The number of rotatable bonds is 0. The van der Waals surface area contributed by atoms with Gasteiger partial charge in [-0.05, 0) is 37.9 Å². The van der Waals surface area contributed by atoms with E-state index in [9.17, 15) is 0 Å². The minimum atomic E-state index is -1.24. The van der Waals surface area contributed by atoms with Gasteiger partial charge in [0, 0.05) is 0 Å². The van der Waals surface area contributed by atoms with Crippen molar-refractivity contribution in [3.63, 3.8) is 0 Å². The van der Waals surface area contributed by atoms with Crippen molar-refractivity contribution in [2.45, 2.75) is 57.3 Å². The largest absolute Gasteiger partial charge is 0.412 e. The molecule has 0 bridgehead atoms. The summed E-state index contributed by atoms with van der Waals surface area (Å²) in [5.41, 5.74) is 0.343. The molecule has 0 aromatic rings. The minimum absolute atomic E-state index is 0.343. The molecule has 0 amide bonds. The first kappa shape index (κ1) is 8.76. The first-order chi connectivity index (χ1) is 5.54. The average molecular weight is 184 g/mol. The highest BCUT2D eigenvalue weighted by molar-refractivity contribution is 6.71. The molecule has 2 rings (SSSR count). The van der Waals surface area contributed by atoms with Gasteiger partial charge in [-0.3, -0.25) is 0 Å². The molecule has 0 aromatic heterocycles. The van der Waals surface area contributed by atoms with E-state index >= 15 is 0 Å². The van der Waals surface area contributed by atoms with Crippen LogP contribution < -0.4 is 0 Å². The highest BCUT2D eigenvalue weighted by Gasteiger charge is 2.51. The Hall–Kier alpha value is 0.177. The molecule has 1 spiro atoms. The van der Waals surface area contributed by atoms with E-state index in [4.69, 9.17) is 4.43 Å². The summed E-state index contributed by atoms with van der Waals surface area (Å²) >= 11 is 0. The molecule has 1 aliphatic carbocycles. The molecule has 2 fully saturated rings. The van der Waals surface area contributed by atoms with Gasteiger partial charge in [0.1, 0.15) is 0 Å². The summed E-state index contributed by atoms with van der Waals surface area (Å²) in [6.45, 7) is 7.14. The van der Waals surface area contributed by atoms with Crippen molar-refractivity contribution < 1.29 is 4.43 Å². The van der Waals surface area contributed by atoms with Crippen molar-refractivity contribution in [2.75, 3.05) is 0 Å². The zero-order valence-electron chi connectivity index (χ0n) is 8.52. The van der Waals surface area contributed by atoms with Crippen molar-refractivity contribution in [3.8, 4) is 0 Å². The molecule has 1 heterocycles. The predicted molar refractivity (Wildman–Crippen MR) is 53.7 cm³/mol. The van der Waals surface area contributed by atoms with Crippen molar-refractivity contribution in [3.05, 3.63) is 0 Å². The van der Waals surface area contributed by atoms with E-state index in [1.165, 1.54) is 31.7 Å². The summed E-state index contributed by atoms with van der Waals surface area (Å²) in [5, 5.41) is 0. The second-order valence-electron chi connectivity index (χ2n) is 5.24. The molecule has 1 nitrogen and oxygen atoms in total. The summed E-state index contributed by atoms with van der Waals surface area (Å²) in [7, 11) is -1.24. The molecule has 2 heteroatoms. The van der Waals surface area contributed by atoms with Crippen molar-refractivity contribution in [1.29, 1.82) is 0 Å². The summed E-state index contributed by atoms with van der Waals surface area (Å²) in [6.07, 6.45) is 5.47. The number of hydrogen-bond acceptors (Lipinski definition) is 1. The molecule has 1 atom stereocenters. The molecule has 1 saturated carbocycles. The molecule has 12 heavy (non-hydrogen) atoms. The van der Waals surface area contributed by atoms with Crippen LogP contribution in [0.2, 0.25) is 19.1 Å². The third kappa shape index (κ3) is 1.25. The Morgan fingerprint density at radius 1 is 1.25 bits per heavy atom. The monoisotopic (exact) mass is 184 g/mol. The second-order valence-corrected chi connectivity index (χ2v) is 9.37. The first-order valence-electron chi connectivity index (χ1n) is 5.24. The van der Waals surface area contributed by atoms with Crippen molar-refractivity contribution >= 4 is 8.32 Å². The summed E-state index contributed by atoms with van der Waals surface area (Å²) in [4.78, 5) is 0. The Morgan fingerprint density at radius 2 is 1.83 bits per heavy atom. The lowest BCUT2D eigenvalue weighted by Gasteiger charge is -2.30. The normalized spacial score (nSPS) is 37.8. The van der Waals surface area contributed by atoms with E-state index in [0.717, 1.165) is 5.92 Å². The molecule has 0 radical (unpaired) electrons. The fourth-order valence-corrected chi connectivity index (χ4v) is 6.62. The molecule has 70 valence electrons. The van der Waals surface area contributed by atoms with Crippen LogP contribution in [0.25, 0.3) is 0 Å². The third-order valence-electron chi connectivity index (χ3n) is 3.63. The predicted octanol–water partition coefficient (Wildman–Crippen LogP) is 3.17. The van der Waals surface area contributed by atoms with E-state index < -0.39 is 8.32 Å². The Morgan fingerprint density at radius 3 is 2.25 bits per heavy atom. The van der Waals surface area contributed by atoms with E-state index in [1.807, 2.05) is 0 Å². The van der Waals surface area contributed by atoms with Gasteiger partial charge in [0.2, 0.25) is 0 Å². The fourth-order valence-electron chi connectivity index (χ4n) is 3.18. The first-order valence-corrected chi connectivity index (χ1v) is 8.36. The summed E-state index contributed by atoms with van der Waals surface area (Å²) < 4.78 is 6.35. The van der Waals surface area contributed by atoms with Crippen LogP contribution >= 0.6 is 0 Å². The van der Waals surface area contributed by atoms with Crippen LogP contribution in [0.15, 0.2) is 0 Å². The average Bonchev–Trinajstić information content (AvgIpc) is 2.42. The molecule has 0 N–H and O–H groups in total. The Balaban J connectivity index is 2.17. The van der Waals surface area contributed by atoms with Crippen molar-refractivity contribution in [1.82, 2.24) is 0 Å². The quantitative estimate of drug-likeness (QED) is 0.525. The van der Waals surface area contributed by atoms with Gasteiger partial charge in [0.15, 0.2) is 8.32 Å². The van der Waals surface area contributed by atoms with E-state index in [-0.39, 0.29) is 0 Å². The van der Waals surface area contributed by atoms with Gasteiger partial charge < -0.3 is 4.43 Å². The van der Waals surface area contributed by atoms with Gasteiger partial charge in [-0.1, -0.05) is 19.8 Å². The maximum absolute atomic E-state index is 6.35. The molecule has 2 aliphatic rings. The van der Waals surface area contributed by atoms with Crippen LogP contribution in [0.4, 0.5) is 0 Å². The standard InChI is InChI=1S/C10H20OSi/c1-9-8-12(2,3)11-10(9)6-4-5-7-10/h9H,4-8H2,1-3H3. The highest BCUT2D eigenvalue weighted by Crippen LogP contribution is 2.49. The highest BCUT2D eigenvalue weighted by atomic mass is 28.4. The molecule has 1 unspecified atom stereocenters. The van der Waals surface area contributed by atoms with Gasteiger partial charge in [-0.2, -0.15) is 0 Å². The van der Waals surface area contributed by atoms with Gasteiger partial charge >= 0.3 is 0 Å². The van der Waals surface area contributed by atoms with Gasteiger partial charge in [-0.25, -0.2) is 0 Å². The Kier molecular flexibility index (Phi) is 1.88.